The molecule has 1 aromatic heterocycles. The van der Waals surface area contributed by atoms with Gasteiger partial charge in [-0.05, 0) is 54.5 Å². The number of hydrogen-bond donors (Lipinski definition) is 1. The van der Waals surface area contributed by atoms with Gasteiger partial charge in [0.05, 0.1) is 8.66 Å². The minimum absolute atomic E-state index is 0.0414. The molecule has 0 aliphatic carbocycles. The number of nitrogens with zero attached hydrogens (tertiary/aromatic N) is 1. The van der Waals surface area contributed by atoms with Crippen LogP contribution in [0, 0.1) is 0 Å². The van der Waals surface area contributed by atoms with Gasteiger partial charge in [-0.15, -0.1) is 11.3 Å². The fourth-order valence-electron chi connectivity index (χ4n) is 2.14. The zero-order chi connectivity index (χ0) is 12.3. The van der Waals surface area contributed by atoms with Crippen LogP contribution in [0.1, 0.15) is 28.9 Å². The van der Waals surface area contributed by atoms with Gasteiger partial charge in [0.2, 0.25) is 0 Å². The molecule has 3 nitrogen and oxygen atoms in total. The maximum Gasteiger partial charge on any atom is 0.261 e. The van der Waals surface area contributed by atoms with Crippen LogP contribution in [0.2, 0.25) is 0 Å². The highest BCUT2D eigenvalue weighted by Gasteiger charge is 2.19. The molecule has 1 aliphatic rings. The number of likely N-dealkylation sites (N-methyl/N-ethyl adjacent to an activating group) is 1. The molecule has 0 aromatic carbocycles. The summed E-state index contributed by atoms with van der Waals surface area (Å²) in [7, 11) is 2.14. The molecule has 0 spiro atoms. The molecule has 1 saturated heterocycles. The molecule has 1 aromatic rings. The monoisotopic (exact) mass is 316 g/mol. The van der Waals surface area contributed by atoms with E-state index in [0.717, 1.165) is 21.8 Å². The van der Waals surface area contributed by atoms with Gasteiger partial charge in [-0.2, -0.15) is 0 Å². The molecule has 1 atom stereocenters. The van der Waals surface area contributed by atoms with E-state index >= 15 is 0 Å². The van der Waals surface area contributed by atoms with Crippen molar-refractivity contribution in [3.63, 3.8) is 0 Å². The standard InChI is InChI=1S/C12H17BrN2OS/c1-15-7-3-2-4-9(15)8-14-12(16)10-5-6-11(13)17-10/h5-6,9H,2-4,7-8H2,1H3,(H,14,16). The highest BCUT2D eigenvalue weighted by molar-refractivity contribution is 9.11. The third-order valence-electron chi connectivity index (χ3n) is 3.22. The Labute approximate surface area is 114 Å². The second-order valence-corrected chi connectivity index (χ2v) is 6.91. The molecule has 0 radical (unpaired) electrons. The summed E-state index contributed by atoms with van der Waals surface area (Å²) in [5.41, 5.74) is 0. The van der Waals surface area contributed by atoms with Gasteiger partial charge in [-0.1, -0.05) is 6.42 Å². The summed E-state index contributed by atoms with van der Waals surface area (Å²) < 4.78 is 0.998. The number of nitrogens with one attached hydrogen (secondary N) is 1. The second kappa shape index (κ2) is 5.98. The van der Waals surface area contributed by atoms with Crippen LogP contribution in [0.25, 0.3) is 0 Å². The van der Waals surface area contributed by atoms with Crippen molar-refractivity contribution in [2.45, 2.75) is 25.3 Å². The van der Waals surface area contributed by atoms with E-state index in [-0.39, 0.29) is 5.91 Å². The number of carbonyl (C=O) groups excluding carboxylic acids is 1. The number of halogens is 1. The summed E-state index contributed by atoms with van der Waals surface area (Å²) in [4.78, 5) is 15.0. The van der Waals surface area contributed by atoms with Gasteiger partial charge in [0.25, 0.3) is 5.91 Å². The Morgan fingerprint density at radius 1 is 1.59 bits per heavy atom. The van der Waals surface area contributed by atoms with Crippen LogP contribution in [-0.4, -0.2) is 37.0 Å². The van der Waals surface area contributed by atoms with Gasteiger partial charge in [0, 0.05) is 12.6 Å². The molecule has 1 fully saturated rings. The normalized spacial score (nSPS) is 21.4. The predicted octanol–water partition coefficient (Wildman–Crippen LogP) is 2.72. The molecule has 94 valence electrons. The van der Waals surface area contributed by atoms with E-state index in [4.69, 9.17) is 0 Å². The zero-order valence-electron chi connectivity index (χ0n) is 9.91. The molecule has 2 rings (SSSR count). The average Bonchev–Trinajstić information content (AvgIpc) is 2.74. The summed E-state index contributed by atoms with van der Waals surface area (Å²) in [6, 6.07) is 4.26. The van der Waals surface area contributed by atoms with E-state index in [9.17, 15) is 4.79 Å². The van der Waals surface area contributed by atoms with Crippen LogP contribution < -0.4 is 5.32 Å². The number of piperidine rings is 1. The Morgan fingerprint density at radius 3 is 3.06 bits per heavy atom. The quantitative estimate of drug-likeness (QED) is 0.930. The predicted molar refractivity (Wildman–Crippen MR) is 74.6 cm³/mol. The van der Waals surface area contributed by atoms with Gasteiger partial charge in [-0.25, -0.2) is 0 Å². The molecule has 0 bridgehead atoms. The van der Waals surface area contributed by atoms with Crippen molar-refractivity contribution in [3.05, 3.63) is 20.8 Å². The van der Waals surface area contributed by atoms with E-state index in [2.05, 4.69) is 33.2 Å². The van der Waals surface area contributed by atoms with Crippen molar-refractivity contribution < 1.29 is 4.79 Å². The van der Waals surface area contributed by atoms with E-state index < -0.39 is 0 Å². The lowest BCUT2D eigenvalue weighted by molar-refractivity contribution is 0.0932. The zero-order valence-corrected chi connectivity index (χ0v) is 12.3. The summed E-state index contributed by atoms with van der Waals surface area (Å²) in [6.07, 6.45) is 3.74. The molecule has 1 N–H and O–H groups in total. The van der Waals surface area contributed by atoms with E-state index in [1.165, 1.54) is 30.6 Å². The van der Waals surface area contributed by atoms with Gasteiger partial charge in [0.15, 0.2) is 0 Å². The third kappa shape index (κ3) is 3.53. The Hall–Kier alpha value is -0.390. The Balaban J connectivity index is 1.83. The van der Waals surface area contributed by atoms with Crippen LogP contribution >= 0.6 is 27.3 Å². The molecule has 17 heavy (non-hydrogen) atoms. The summed E-state index contributed by atoms with van der Waals surface area (Å²) in [5, 5.41) is 3.02. The average molecular weight is 317 g/mol. The van der Waals surface area contributed by atoms with E-state index in [1.54, 1.807) is 0 Å². The lowest BCUT2D eigenvalue weighted by Gasteiger charge is -2.32. The SMILES string of the molecule is CN1CCCCC1CNC(=O)c1ccc(Br)s1. The second-order valence-electron chi connectivity index (χ2n) is 4.44. The van der Waals surface area contributed by atoms with Crippen LogP contribution in [0.4, 0.5) is 0 Å². The number of hydrogen-bond acceptors (Lipinski definition) is 3. The van der Waals surface area contributed by atoms with Crippen molar-refractivity contribution in [1.29, 1.82) is 0 Å². The Kier molecular flexibility index (Phi) is 4.59. The summed E-state index contributed by atoms with van der Waals surface area (Å²) in [6.45, 7) is 1.90. The number of thiophene rings is 1. The van der Waals surface area contributed by atoms with Crippen LogP contribution in [0.15, 0.2) is 15.9 Å². The first-order valence-corrected chi connectivity index (χ1v) is 7.51. The number of likely N-dealkylation sites (tertiary alicyclic amines) is 1. The summed E-state index contributed by atoms with van der Waals surface area (Å²) >= 11 is 4.84. The molecule has 5 heteroatoms. The molecule has 1 unspecified atom stereocenters. The largest absolute Gasteiger partial charge is 0.350 e. The molecule has 2 heterocycles. The molecular formula is C12H17BrN2OS. The summed E-state index contributed by atoms with van der Waals surface area (Å²) in [5.74, 6) is 0.0414. The molecular weight excluding hydrogens is 300 g/mol. The van der Waals surface area contributed by atoms with Gasteiger partial charge in [-0.3, -0.25) is 4.79 Å². The molecule has 1 aliphatic heterocycles. The van der Waals surface area contributed by atoms with Gasteiger partial charge < -0.3 is 10.2 Å². The first-order valence-electron chi connectivity index (χ1n) is 5.90. The Bertz CT molecular complexity index is 394. The first kappa shape index (κ1) is 13.1. The maximum atomic E-state index is 11.9. The van der Waals surface area contributed by atoms with Crippen molar-refractivity contribution >= 4 is 33.2 Å². The van der Waals surface area contributed by atoms with Crippen molar-refractivity contribution in [2.75, 3.05) is 20.1 Å². The van der Waals surface area contributed by atoms with Crippen LogP contribution in [-0.2, 0) is 0 Å². The van der Waals surface area contributed by atoms with Crippen LogP contribution in [0.3, 0.4) is 0 Å². The van der Waals surface area contributed by atoms with E-state index in [1.807, 2.05) is 12.1 Å². The van der Waals surface area contributed by atoms with Gasteiger partial charge in [0.1, 0.15) is 0 Å². The smallest absolute Gasteiger partial charge is 0.261 e. The first-order chi connectivity index (χ1) is 8.16. The van der Waals surface area contributed by atoms with Crippen molar-refractivity contribution in [3.8, 4) is 0 Å². The minimum atomic E-state index is 0.0414. The van der Waals surface area contributed by atoms with E-state index in [0.29, 0.717) is 6.04 Å². The minimum Gasteiger partial charge on any atom is -0.350 e. The van der Waals surface area contributed by atoms with Crippen LogP contribution in [0.5, 0.6) is 0 Å². The fourth-order valence-corrected chi connectivity index (χ4v) is 3.44. The third-order valence-corrected chi connectivity index (χ3v) is 4.84. The highest BCUT2D eigenvalue weighted by Crippen LogP contribution is 2.22. The topological polar surface area (TPSA) is 32.3 Å². The molecule has 0 saturated carbocycles. The molecule has 1 amide bonds. The van der Waals surface area contributed by atoms with Crippen molar-refractivity contribution in [1.82, 2.24) is 10.2 Å². The Morgan fingerprint density at radius 2 is 2.41 bits per heavy atom. The van der Waals surface area contributed by atoms with Crippen molar-refractivity contribution in [2.24, 2.45) is 0 Å². The van der Waals surface area contributed by atoms with Gasteiger partial charge >= 0.3 is 0 Å². The maximum absolute atomic E-state index is 11.9. The number of carbonyl (C=O) groups is 1. The lowest BCUT2D eigenvalue weighted by Crippen LogP contribution is -2.44. The number of rotatable bonds is 3. The highest BCUT2D eigenvalue weighted by atomic mass is 79.9. The fraction of sp³-hybridized carbons (Fsp3) is 0.583. The lowest BCUT2D eigenvalue weighted by atomic mass is 10.0. The number of amides is 1.